The molecule has 4 rings (SSSR count). The molecular formula is C24H21NO2. The number of hydrogen-bond donors (Lipinski definition) is 0. The van der Waals surface area contributed by atoms with Crippen molar-refractivity contribution < 1.29 is 9.59 Å². The molecule has 0 aliphatic heterocycles. The summed E-state index contributed by atoms with van der Waals surface area (Å²) in [6, 6.07) is 15.5. The van der Waals surface area contributed by atoms with Gasteiger partial charge in [-0.25, -0.2) is 0 Å². The summed E-state index contributed by atoms with van der Waals surface area (Å²) in [6.07, 6.45) is 1.74. The van der Waals surface area contributed by atoms with Crippen LogP contribution in [0.25, 0.3) is 11.8 Å². The maximum atomic E-state index is 12.7. The van der Waals surface area contributed by atoms with Crippen molar-refractivity contribution >= 4 is 17.6 Å². The molecule has 0 saturated carbocycles. The van der Waals surface area contributed by atoms with Crippen molar-refractivity contribution in [1.29, 1.82) is 0 Å². The Morgan fingerprint density at radius 1 is 0.778 bits per heavy atom. The molecule has 0 fully saturated rings. The highest BCUT2D eigenvalue weighted by Gasteiger charge is 2.32. The van der Waals surface area contributed by atoms with Gasteiger partial charge in [-0.05, 0) is 68.7 Å². The standard InChI is InChI=1S/C24H21NO2/c1-14-9-15(2)11-19(10-14)25-16(3)12-18(17(25)4)13-22-23(26)20-7-5-6-8-21(20)24(22)27/h5-13H,1-4H3. The van der Waals surface area contributed by atoms with Gasteiger partial charge in [0.2, 0.25) is 0 Å². The van der Waals surface area contributed by atoms with Crippen LogP contribution in [0.5, 0.6) is 0 Å². The number of rotatable bonds is 2. The van der Waals surface area contributed by atoms with Crippen LogP contribution >= 0.6 is 0 Å². The molecule has 3 nitrogen and oxygen atoms in total. The molecule has 0 unspecified atom stereocenters. The Kier molecular flexibility index (Phi) is 3.96. The number of benzene rings is 2. The van der Waals surface area contributed by atoms with E-state index in [-0.39, 0.29) is 17.1 Å². The molecule has 1 aliphatic rings. The molecule has 0 N–H and O–H groups in total. The largest absolute Gasteiger partial charge is 0.318 e. The number of aromatic nitrogens is 1. The van der Waals surface area contributed by atoms with Crippen LogP contribution in [0.2, 0.25) is 0 Å². The average molecular weight is 355 g/mol. The normalized spacial score (nSPS) is 13.3. The van der Waals surface area contributed by atoms with E-state index in [9.17, 15) is 9.59 Å². The first-order chi connectivity index (χ1) is 12.9. The molecule has 2 aromatic carbocycles. The van der Waals surface area contributed by atoms with Gasteiger partial charge in [-0.1, -0.05) is 30.3 Å². The van der Waals surface area contributed by atoms with Crippen LogP contribution in [-0.4, -0.2) is 16.1 Å². The number of Topliss-reactive ketones (excluding diaryl/α,β-unsaturated/α-hetero) is 2. The second-order valence-corrected chi connectivity index (χ2v) is 7.27. The zero-order chi connectivity index (χ0) is 19.3. The second-order valence-electron chi connectivity index (χ2n) is 7.27. The Labute approximate surface area is 159 Å². The number of carbonyl (C=O) groups is 2. The van der Waals surface area contributed by atoms with Crippen molar-refractivity contribution in [3.05, 3.63) is 93.3 Å². The van der Waals surface area contributed by atoms with Crippen molar-refractivity contribution in [3.63, 3.8) is 0 Å². The van der Waals surface area contributed by atoms with Gasteiger partial charge in [0.25, 0.3) is 0 Å². The number of allylic oxidation sites excluding steroid dienone is 1. The highest BCUT2D eigenvalue weighted by molar-refractivity contribution is 6.41. The molecule has 0 saturated heterocycles. The van der Waals surface area contributed by atoms with Crippen molar-refractivity contribution in [2.24, 2.45) is 0 Å². The van der Waals surface area contributed by atoms with Crippen LogP contribution in [0, 0.1) is 27.7 Å². The molecule has 3 heteroatoms. The van der Waals surface area contributed by atoms with Gasteiger partial charge in [0.05, 0.1) is 5.57 Å². The fourth-order valence-electron chi connectivity index (χ4n) is 3.97. The highest BCUT2D eigenvalue weighted by Crippen LogP contribution is 2.30. The van der Waals surface area contributed by atoms with E-state index in [1.165, 1.54) is 11.1 Å². The first-order valence-corrected chi connectivity index (χ1v) is 9.04. The molecule has 134 valence electrons. The minimum absolute atomic E-state index is 0.188. The molecule has 1 heterocycles. The van der Waals surface area contributed by atoms with Gasteiger partial charge in [-0.15, -0.1) is 0 Å². The lowest BCUT2D eigenvalue weighted by Gasteiger charge is -2.12. The van der Waals surface area contributed by atoms with Crippen LogP contribution < -0.4 is 0 Å². The molecule has 0 spiro atoms. The Morgan fingerprint density at radius 2 is 1.33 bits per heavy atom. The first-order valence-electron chi connectivity index (χ1n) is 9.04. The van der Waals surface area contributed by atoms with Gasteiger partial charge >= 0.3 is 0 Å². The molecular weight excluding hydrogens is 334 g/mol. The topological polar surface area (TPSA) is 39.1 Å². The Hall–Kier alpha value is -3.20. The number of nitrogens with zero attached hydrogens (tertiary/aromatic N) is 1. The lowest BCUT2D eigenvalue weighted by Crippen LogP contribution is -2.02. The SMILES string of the molecule is Cc1cc(C)cc(-n2c(C)cc(C=C3C(=O)c4ccccc4C3=O)c2C)c1. The smallest absolute Gasteiger partial charge is 0.197 e. The second kappa shape index (κ2) is 6.20. The summed E-state index contributed by atoms with van der Waals surface area (Å²) in [5.41, 5.74) is 7.73. The van der Waals surface area contributed by atoms with Crippen LogP contribution in [0.1, 0.15) is 48.8 Å². The lowest BCUT2D eigenvalue weighted by molar-refractivity contribution is 0.0990. The average Bonchev–Trinajstić information content (AvgIpc) is 3.03. The molecule has 27 heavy (non-hydrogen) atoms. The monoisotopic (exact) mass is 355 g/mol. The Bertz CT molecular complexity index is 1090. The van der Waals surface area contributed by atoms with Crippen LogP contribution in [0.3, 0.4) is 0 Å². The van der Waals surface area contributed by atoms with E-state index in [1.807, 2.05) is 19.9 Å². The first kappa shape index (κ1) is 17.2. The van der Waals surface area contributed by atoms with E-state index in [1.54, 1.807) is 30.3 Å². The van der Waals surface area contributed by atoms with E-state index in [0.717, 1.165) is 22.6 Å². The Balaban J connectivity index is 1.83. The number of hydrogen-bond acceptors (Lipinski definition) is 2. The predicted molar refractivity (Wildman–Crippen MR) is 108 cm³/mol. The summed E-state index contributed by atoms with van der Waals surface area (Å²) in [5, 5.41) is 0. The predicted octanol–water partition coefficient (Wildman–Crippen LogP) is 5.17. The van der Waals surface area contributed by atoms with Crippen molar-refractivity contribution in [2.45, 2.75) is 27.7 Å². The van der Waals surface area contributed by atoms with Gasteiger partial charge in [0.1, 0.15) is 0 Å². The summed E-state index contributed by atoms with van der Waals surface area (Å²) in [6.45, 7) is 8.23. The summed E-state index contributed by atoms with van der Waals surface area (Å²) < 4.78 is 2.17. The molecule has 1 aliphatic carbocycles. The van der Waals surface area contributed by atoms with Crippen molar-refractivity contribution in [1.82, 2.24) is 4.57 Å². The third-order valence-corrected chi connectivity index (χ3v) is 5.14. The van der Waals surface area contributed by atoms with Crippen LogP contribution in [0.15, 0.2) is 54.1 Å². The Morgan fingerprint density at radius 3 is 1.89 bits per heavy atom. The molecule has 1 aromatic heterocycles. The van der Waals surface area contributed by atoms with Gasteiger partial charge in [-0.2, -0.15) is 0 Å². The number of fused-ring (bicyclic) bond motifs is 1. The van der Waals surface area contributed by atoms with Crippen LogP contribution in [-0.2, 0) is 0 Å². The minimum atomic E-state index is -0.188. The summed E-state index contributed by atoms with van der Waals surface area (Å²) in [4.78, 5) is 25.4. The minimum Gasteiger partial charge on any atom is -0.318 e. The number of ketones is 2. The highest BCUT2D eigenvalue weighted by atomic mass is 16.2. The number of aryl methyl sites for hydroxylation is 3. The van der Waals surface area contributed by atoms with Gasteiger partial charge in [-0.3, -0.25) is 9.59 Å². The molecule has 0 amide bonds. The van der Waals surface area contributed by atoms with Gasteiger partial charge in [0, 0.05) is 28.2 Å². The zero-order valence-corrected chi connectivity index (χ0v) is 16.0. The molecule has 0 bridgehead atoms. The van der Waals surface area contributed by atoms with E-state index >= 15 is 0 Å². The molecule has 3 aromatic rings. The van der Waals surface area contributed by atoms with Crippen LogP contribution in [0.4, 0.5) is 0 Å². The van der Waals surface area contributed by atoms with E-state index in [4.69, 9.17) is 0 Å². The molecule has 0 radical (unpaired) electrons. The third-order valence-electron chi connectivity index (χ3n) is 5.14. The van der Waals surface area contributed by atoms with Gasteiger partial charge < -0.3 is 4.57 Å². The van der Waals surface area contributed by atoms with Gasteiger partial charge in [0.15, 0.2) is 11.6 Å². The van der Waals surface area contributed by atoms with E-state index < -0.39 is 0 Å². The maximum Gasteiger partial charge on any atom is 0.197 e. The van der Waals surface area contributed by atoms with E-state index in [2.05, 4.69) is 36.6 Å². The summed E-state index contributed by atoms with van der Waals surface area (Å²) in [7, 11) is 0. The number of carbonyl (C=O) groups excluding carboxylic acids is 2. The summed E-state index contributed by atoms with van der Waals surface area (Å²) >= 11 is 0. The fraction of sp³-hybridized carbons (Fsp3) is 0.167. The van der Waals surface area contributed by atoms with Crippen molar-refractivity contribution in [3.8, 4) is 5.69 Å². The molecule has 0 atom stereocenters. The fourth-order valence-corrected chi connectivity index (χ4v) is 3.97. The summed E-state index contributed by atoms with van der Waals surface area (Å²) in [5.74, 6) is -0.376. The quantitative estimate of drug-likeness (QED) is 0.470. The zero-order valence-electron chi connectivity index (χ0n) is 16.0. The van der Waals surface area contributed by atoms with Crippen molar-refractivity contribution in [2.75, 3.05) is 0 Å². The van der Waals surface area contributed by atoms with E-state index in [0.29, 0.717) is 11.1 Å². The lowest BCUT2D eigenvalue weighted by atomic mass is 10.1. The maximum absolute atomic E-state index is 12.7. The third kappa shape index (κ3) is 2.76.